The quantitative estimate of drug-likeness (QED) is 0.274. The van der Waals surface area contributed by atoms with Gasteiger partial charge in [0.25, 0.3) is 6.29 Å². The largest absolute Gasteiger partial charge is 0.462 e. The number of carbonyl (C=O) groups excluding carboxylic acids is 4. The molecule has 0 aromatic heterocycles. The van der Waals surface area contributed by atoms with E-state index in [4.69, 9.17) is 23.7 Å². The molecule has 10 heteroatoms. The van der Waals surface area contributed by atoms with E-state index in [0.29, 0.717) is 11.1 Å². The Morgan fingerprint density at radius 3 is 2.11 bits per heavy atom. The van der Waals surface area contributed by atoms with Gasteiger partial charge < -0.3 is 28.8 Å². The van der Waals surface area contributed by atoms with Gasteiger partial charge in [0.15, 0.2) is 11.7 Å². The summed E-state index contributed by atoms with van der Waals surface area (Å²) in [6.07, 6.45) is 1.43. The molecule has 1 aliphatic carbocycles. The Morgan fingerprint density at radius 1 is 0.947 bits per heavy atom. The standard InChI is InChI=1S/C28H42O10/c1-8-18(6)11-23(30)36-15-28(33)22(37-24(31)9-16(2)3)12-21-20(13-34-19(7)29)14-35-27(26(21)28)38-25(32)10-17(4)5/h12,14,16-18,22,26-27,33H,8-11,13,15H2,1-7H3/t18?,22-,26+,27-,28+/m0/s1. The molecule has 0 spiro atoms. The van der Waals surface area contributed by atoms with E-state index in [1.54, 1.807) is 0 Å². The third-order valence-corrected chi connectivity index (χ3v) is 6.45. The molecule has 0 bridgehead atoms. The van der Waals surface area contributed by atoms with Gasteiger partial charge in [-0.15, -0.1) is 0 Å². The smallest absolute Gasteiger partial charge is 0.309 e. The lowest BCUT2D eigenvalue weighted by atomic mass is 9.82. The number of hydrogen-bond donors (Lipinski definition) is 1. The van der Waals surface area contributed by atoms with Crippen LogP contribution >= 0.6 is 0 Å². The van der Waals surface area contributed by atoms with Gasteiger partial charge in [0.2, 0.25) is 0 Å². The first kappa shape index (κ1) is 31.3. The number of rotatable bonds is 13. The molecule has 2 aliphatic rings. The summed E-state index contributed by atoms with van der Waals surface area (Å²) < 4.78 is 27.6. The summed E-state index contributed by atoms with van der Waals surface area (Å²) in [5, 5.41) is 12.0. The summed E-state index contributed by atoms with van der Waals surface area (Å²) in [6, 6.07) is 0. The molecule has 2 rings (SSSR count). The number of ether oxygens (including phenoxy) is 5. The fourth-order valence-corrected chi connectivity index (χ4v) is 4.26. The Bertz CT molecular complexity index is 934. The molecule has 0 amide bonds. The molecule has 214 valence electrons. The summed E-state index contributed by atoms with van der Waals surface area (Å²) in [7, 11) is 0. The lowest BCUT2D eigenvalue weighted by Crippen LogP contribution is -2.56. The van der Waals surface area contributed by atoms with Crippen molar-refractivity contribution in [3.05, 3.63) is 23.5 Å². The van der Waals surface area contributed by atoms with Crippen LogP contribution in [0.2, 0.25) is 0 Å². The predicted molar refractivity (Wildman–Crippen MR) is 136 cm³/mol. The zero-order valence-electron chi connectivity index (χ0n) is 23.5. The molecular weight excluding hydrogens is 496 g/mol. The Balaban J connectivity index is 2.44. The van der Waals surface area contributed by atoms with Crippen LogP contribution in [0.5, 0.6) is 0 Å². The maximum atomic E-state index is 12.6. The molecule has 1 unspecified atom stereocenters. The van der Waals surface area contributed by atoms with E-state index >= 15 is 0 Å². The highest BCUT2D eigenvalue weighted by molar-refractivity contribution is 5.72. The monoisotopic (exact) mass is 538 g/mol. The zero-order chi connectivity index (χ0) is 28.6. The molecule has 5 atom stereocenters. The maximum Gasteiger partial charge on any atom is 0.309 e. The second-order valence-corrected chi connectivity index (χ2v) is 11.0. The normalized spacial score (nSPS) is 25.1. The van der Waals surface area contributed by atoms with Gasteiger partial charge in [-0.1, -0.05) is 48.0 Å². The molecule has 1 aliphatic heterocycles. The average Bonchev–Trinajstić information content (AvgIpc) is 3.08. The van der Waals surface area contributed by atoms with Crippen LogP contribution in [-0.2, 0) is 42.9 Å². The number of aliphatic hydroxyl groups is 1. The van der Waals surface area contributed by atoms with E-state index in [2.05, 4.69) is 0 Å². The van der Waals surface area contributed by atoms with Gasteiger partial charge in [-0.05, 0) is 29.4 Å². The highest BCUT2D eigenvalue weighted by Crippen LogP contribution is 2.47. The van der Waals surface area contributed by atoms with Crippen molar-refractivity contribution in [2.75, 3.05) is 13.2 Å². The van der Waals surface area contributed by atoms with Crippen LogP contribution in [0.4, 0.5) is 0 Å². The van der Waals surface area contributed by atoms with Gasteiger partial charge in [0.1, 0.15) is 13.2 Å². The molecular formula is C28H42O10. The van der Waals surface area contributed by atoms with Crippen molar-refractivity contribution in [2.45, 2.75) is 92.1 Å². The maximum absolute atomic E-state index is 12.6. The summed E-state index contributed by atoms with van der Waals surface area (Å²) in [6.45, 7) is 11.8. The highest BCUT2D eigenvalue weighted by atomic mass is 16.7. The van der Waals surface area contributed by atoms with Crippen molar-refractivity contribution in [2.24, 2.45) is 23.7 Å². The Labute approximate surface area is 224 Å². The van der Waals surface area contributed by atoms with Crippen molar-refractivity contribution in [1.29, 1.82) is 0 Å². The van der Waals surface area contributed by atoms with E-state index in [9.17, 15) is 24.3 Å². The van der Waals surface area contributed by atoms with Crippen LogP contribution in [0.25, 0.3) is 0 Å². The summed E-state index contributed by atoms with van der Waals surface area (Å²) in [4.78, 5) is 49.2. The van der Waals surface area contributed by atoms with E-state index in [-0.39, 0.29) is 43.6 Å². The molecule has 1 heterocycles. The second kappa shape index (κ2) is 13.8. The number of esters is 4. The molecule has 0 saturated heterocycles. The number of fused-ring (bicyclic) bond motifs is 1. The van der Waals surface area contributed by atoms with Gasteiger partial charge >= 0.3 is 23.9 Å². The van der Waals surface area contributed by atoms with Crippen molar-refractivity contribution in [3.8, 4) is 0 Å². The SMILES string of the molecule is CCC(C)CC(=O)OC[C@@]1(O)[C@@H](OC(=O)CC(C)C)C=C2C(COC(C)=O)=CO[C@@H](OC(=O)CC(C)C)[C@@H]21. The van der Waals surface area contributed by atoms with Crippen LogP contribution in [0.3, 0.4) is 0 Å². The number of hydrogen-bond acceptors (Lipinski definition) is 10. The van der Waals surface area contributed by atoms with Crippen LogP contribution < -0.4 is 0 Å². The van der Waals surface area contributed by atoms with E-state index in [1.807, 2.05) is 41.5 Å². The third-order valence-electron chi connectivity index (χ3n) is 6.45. The van der Waals surface area contributed by atoms with Gasteiger partial charge in [-0.2, -0.15) is 0 Å². The zero-order valence-corrected chi connectivity index (χ0v) is 23.5. The van der Waals surface area contributed by atoms with E-state index in [1.165, 1.54) is 19.3 Å². The van der Waals surface area contributed by atoms with Crippen LogP contribution in [0.15, 0.2) is 23.5 Å². The Hall–Kier alpha value is -2.88. The molecule has 0 radical (unpaired) electrons. The lowest BCUT2D eigenvalue weighted by molar-refractivity contribution is -0.218. The van der Waals surface area contributed by atoms with Crippen molar-refractivity contribution in [3.63, 3.8) is 0 Å². The van der Waals surface area contributed by atoms with Crippen LogP contribution in [-0.4, -0.2) is 60.2 Å². The number of carbonyl (C=O) groups is 4. The molecule has 0 aromatic rings. The minimum atomic E-state index is -2.01. The lowest BCUT2D eigenvalue weighted by Gasteiger charge is -2.40. The molecule has 10 nitrogen and oxygen atoms in total. The first-order valence-corrected chi connectivity index (χ1v) is 13.2. The fraction of sp³-hybridized carbons (Fsp3) is 0.714. The van der Waals surface area contributed by atoms with Crippen molar-refractivity contribution < 1.29 is 48.0 Å². The van der Waals surface area contributed by atoms with Crippen LogP contribution in [0, 0.1) is 23.7 Å². The summed E-state index contributed by atoms with van der Waals surface area (Å²) in [5.41, 5.74) is -1.19. The van der Waals surface area contributed by atoms with Gasteiger partial charge in [-0.3, -0.25) is 19.2 Å². The van der Waals surface area contributed by atoms with E-state index < -0.39 is 54.4 Å². The molecule has 0 saturated carbocycles. The van der Waals surface area contributed by atoms with Gasteiger partial charge in [-0.25, -0.2) is 0 Å². The molecule has 0 fully saturated rings. The molecule has 38 heavy (non-hydrogen) atoms. The predicted octanol–water partition coefficient (Wildman–Crippen LogP) is 3.60. The third kappa shape index (κ3) is 8.58. The molecule has 0 aromatic carbocycles. The minimum Gasteiger partial charge on any atom is -0.462 e. The Morgan fingerprint density at radius 2 is 1.55 bits per heavy atom. The minimum absolute atomic E-state index is 0.00720. The fourth-order valence-electron chi connectivity index (χ4n) is 4.26. The Kier molecular flexibility index (Phi) is 11.4. The van der Waals surface area contributed by atoms with Crippen LogP contribution in [0.1, 0.15) is 74.1 Å². The topological polar surface area (TPSA) is 135 Å². The first-order chi connectivity index (χ1) is 17.8. The van der Waals surface area contributed by atoms with E-state index in [0.717, 1.165) is 6.42 Å². The van der Waals surface area contributed by atoms with Crippen molar-refractivity contribution in [1.82, 2.24) is 0 Å². The molecule has 1 N–H and O–H groups in total. The summed E-state index contributed by atoms with van der Waals surface area (Å²) in [5.74, 6) is -3.12. The summed E-state index contributed by atoms with van der Waals surface area (Å²) >= 11 is 0. The van der Waals surface area contributed by atoms with Gasteiger partial charge in [0.05, 0.1) is 12.2 Å². The van der Waals surface area contributed by atoms with Gasteiger partial charge in [0, 0.05) is 31.8 Å². The average molecular weight is 539 g/mol. The second-order valence-electron chi connectivity index (χ2n) is 11.0. The highest BCUT2D eigenvalue weighted by Gasteiger charge is 2.59. The van der Waals surface area contributed by atoms with Crippen molar-refractivity contribution >= 4 is 23.9 Å². The first-order valence-electron chi connectivity index (χ1n) is 13.2.